The maximum absolute atomic E-state index is 12.5. The van der Waals surface area contributed by atoms with Gasteiger partial charge in [-0.3, -0.25) is 9.59 Å². The van der Waals surface area contributed by atoms with Gasteiger partial charge in [0.15, 0.2) is 25.2 Å². The number of nitrogens with zero attached hydrogens (tertiary/aromatic N) is 3. The molecule has 0 spiro atoms. The number of anilines is 1. The molecule has 4 rings (SSSR count). The molecule has 0 saturated heterocycles. The van der Waals surface area contributed by atoms with Gasteiger partial charge in [-0.25, -0.2) is 22.4 Å². The van der Waals surface area contributed by atoms with Gasteiger partial charge >= 0.3 is 0 Å². The Kier molecular flexibility index (Phi) is 11.3. The summed E-state index contributed by atoms with van der Waals surface area (Å²) in [7, 11) is -6.61. The highest BCUT2D eigenvalue weighted by atomic mass is 32.2. The van der Waals surface area contributed by atoms with E-state index >= 15 is 0 Å². The van der Waals surface area contributed by atoms with Gasteiger partial charge in [0.05, 0.1) is 22.6 Å². The molecular formula is C28H34N6O6S4. The Balaban J connectivity index is 1.23. The van der Waals surface area contributed by atoms with Crippen LogP contribution in [0.1, 0.15) is 47.7 Å². The zero-order chi connectivity index (χ0) is 31.9. The number of thioether (sulfide) groups is 1. The average molecular weight is 679 g/mol. The monoisotopic (exact) mass is 678 g/mol. The first-order valence-electron chi connectivity index (χ1n) is 13.8. The van der Waals surface area contributed by atoms with Crippen LogP contribution in [-0.4, -0.2) is 62.6 Å². The van der Waals surface area contributed by atoms with E-state index in [9.17, 15) is 26.4 Å². The molecule has 1 heterocycles. The Morgan fingerprint density at radius 1 is 0.932 bits per heavy atom. The molecule has 3 N–H and O–H groups in total. The number of carbonyl (C=O) groups excluding carboxylic acids is 2. The molecule has 236 valence electrons. The van der Waals surface area contributed by atoms with Crippen molar-refractivity contribution in [3.05, 3.63) is 64.7 Å². The number of aromatic nitrogens is 2. The van der Waals surface area contributed by atoms with E-state index in [0.717, 1.165) is 43.2 Å². The molecule has 16 heteroatoms. The molecule has 1 saturated carbocycles. The first-order chi connectivity index (χ1) is 20.8. The van der Waals surface area contributed by atoms with Crippen molar-refractivity contribution in [2.24, 2.45) is 11.0 Å². The molecule has 1 aliphatic carbocycles. The molecule has 2 aromatic carbocycles. The van der Waals surface area contributed by atoms with Crippen LogP contribution in [0.3, 0.4) is 0 Å². The lowest BCUT2D eigenvalue weighted by Gasteiger charge is -2.28. The van der Waals surface area contributed by atoms with E-state index in [-0.39, 0.29) is 40.4 Å². The van der Waals surface area contributed by atoms with Crippen LogP contribution in [0.15, 0.2) is 63.4 Å². The van der Waals surface area contributed by atoms with Gasteiger partial charge in [-0.05, 0) is 60.6 Å². The van der Waals surface area contributed by atoms with Gasteiger partial charge in [-0.2, -0.15) is 5.11 Å². The van der Waals surface area contributed by atoms with Crippen molar-refractivity contribution in [1.82, 2.24) is 15.5 Å². The van der Waals surface area contributed by atoms with Crippen molar-refractivity contribution in [1.29, 1.82) is 5.53 Å². The van der Waals surface area contributed by atoms with Crippen molar-refractivity contribution in [3.63, 3.8) is 0 Å². The summed E-state index contributed by atoms with van der Waals surface area (Å²) in [5, 5.41) is 18.8. The van der Waals surface area contributed by atoms with Gasteiger partial charge in [-0.1, -0.05) is 42.0 Å². The Bertz CT molecular complexity index is 1690. The zero-order valence-electron chi connectivity index (χ0n) is 24.2. The van der Waals surface area contributed by atoms with Crippen LogP contribution < -0.4 is 10.6 Å². The normalized spacial score (nSPS) is 17.9. The van der Waals surface area contributed by atoms with E-state index in [1.165, 1.54) is 47.4 Å². The largest absolute Gasteiger partial charge is 0.324 e. The molecule has 0 radical (unpaired) electrons. The number of amides is 2. The summed E-state index contributed by atoms with van der Waals surface area (Å²) < 4.78 is 46.5. The standard InChI is InChI=1S/C28H34N6O6S4/c1-43(37,38)22-10-6-18(7-11-22)15-24(35)30-27(32-29)41-17-20-4-3-5-21(14-20)26-33-34-28(42-26)31-25(36)16-19-8-12-23(13-9-19)44(2,39)40/h6-13,20-21,27,29H,3-5,14-17H2,1-2H3,(H,30,35)(H,31,34,36). The molecule has 44 heavy (non-hydrogen) atoms. The topological polar surface area (TPSA) is 188 Å². The van der Waals surface area contributed by atoms with Crippen LogP contribution in [0.2, 0.25) is 0 Å². The number of rotatable bonds is 13. The summed E-state index contributed by atoms with van der Waals surface area (Å²) in [6, 6.07) is 12.3. The highest BCUT2D eigenvalue weighted by molar-refractivity contribution is 7.99. The van der Waals surface area contributed by atoms with Crippen molar-refractivity contribution in [2.75, 3.05) is 23.6 Å². The van der Waals surface area contributed by atoms with Crippen LogP contribution in [0.5, 0.6) is 0 Å². The molecule has 3 aromatic rings. The van der Waals surface area contributed by atoms with Gasteiger partial charge < -0.3 is 10.6 Å². The molecule has 1 aromatic heterocycles. The van der Waals surface area contributed by atoms with E-state index in [0.29, 0.717) is 27.9 Å². The highest BCUT2D eigenvalue weighted by Crippen LogP contribution is 2.39. The van der Waals surface area contributed by atoms with Crippen molar-refractivity contribution in [2.45, 2.75) is 59.7 Å². The molecule has 2 amide bonds. The van der Waals surface area contributed by atoms with Crippen LogP contribution >= 0.6 is 23.1 Å². The van der Waals surface area contributed by atoms with Crippen molar-refractivity contribution >= 4 is 59.7 Å². The molecule has 1 fully saturated rings. The van der Waals surface area contributed by atoms with Crippen molar-refractivity contribution < 1.29 is 26.4 Å². The highest BCUT2D eigenvalue weighted by Gasteiger charge is 2.27. The molecule has 3 unspecified atom stereocenters. The lowest BCUT2D eigenvalue weighted by molar-refractivity contribution is -0.120. The number of sulfone groups is 2. The second-order valence-electron chi connectivity index (χ2n) is 10.8. The Labute approximate surface area is 265 Å². The fourth-order valence-corrected chi connectivity index (χ4v) is 8.10. The van der Waals surface area contributed by atoms with Crippen LogP contribution in [0.4, 0.5) is 5.13 Å². The van der Waals surface area contributed by atoms with Crippen LogP contribution in [0.25, 0.3) is 0 Å². The minimum Gasteiger partial charge on any atom is -0.324 e. The SMILES string of the molecule is CS(=O)(=O)c1ccc(CC(=O)Nc2nnc(C3CCCC(CSC(N=N)NC(=O)Cc4ccc(S(C)(=O)=O)cc4)C3)s2)cc1. The lowest BCUT2D eigenvalue weighted by atomic mass is 9.83. The molecule has 1 aliphatic rings. The van der Waals surface area contributed by atoms with E-state index in [1.807, 2.05) is 0 Å². The lowest BCUT2D eigenvalue weighted by Crippen LogP contribution is -2.33. The van der Waals surface area contributed by atoms with E-state index < -0.39 is 25.2 Å². The third-order valence-electron chi connectivity index (χ3n) is 7.14. The number of benzene rings is 2. The second-order valence-corrected chi connectivity index (χ2v) is 16.9. The summed E-state index contributed by atoms with van der Waals surface area (Å²) in [6.45, 7) is 0. The number of hydrogen-bond acceptors (Lipinski definition) is 12. The van der Waals surface area contributed by atoms with Crippen LogP contribution in [0, 0.1) is 11.4 Å². The minimum atomic E-state index is -3.31. The van der Waals surface area contributed by atoms with Crippen LogP contribution in [-0.2, 0) is 42.1 Å². The van der Waals surface area contributed by atoms with Gasteiger partial charge in [0.25, 0.3) is 0 Å². The Morgan fingerprint density at radius 2 is 1.50 bits per heavy atom. The van der Waals surface area contributed by atoms with Crippen molar-refractivity contribution in [3.8, 4) is 0 Å². The van der Waals surface area contributed by atoms with Gasteiger partial charge in [0.1, 0.15) is 5.01 Å². The predicted molar refractivity (Wildman–Crippen MR) is 169 cm³/mol. The number of carbonyl (C=O) groups is 2. The predicted octanol–water partition coefficient (Wildman–Crippen LogP) is 4.21. The zero-order valence-corrected chi connectivity index (χ0v) is 27.5. The molecule has 12 nitrogen and oxygen atoms in total. The summed E-state index contributed by atoms with van der Waals surface area (Å²) in [5.41, 5.74) is 8.16. The summed E-state index contributed by atoms with van der Waals surface area (Å²) in [6.07, 6.45) is 6.22. The number of hydrogen-bond donors (Lipinski definition) is 3. The first-order valence-corrected chi connectivity index (χ1v) is 19.4. The molecule has 0 aliphatic heterocycles. The minimum absolute atomic E-state index is 0.0491. The maximum atomic E-state index is 12.5. The smallest absolute Gasteiger partial charge is 0.230 e. The fourth-order valence-electron chi connectivity index (χ4n) is 4.89. The van der Waals surface area contributed by atoms with E-state index in [1.54, 1.807) is 24.3 Å². The molecular weight excluding hydrogens is 645 g/mol. The molecule has 3 atom stereocenters. The Hall–Kier alpha value is -3.21. The van der Waals surface area contributed by atoms with Gasteiger partial charge in [0, 0.05) is 24.2 Å². The number of nitrogens with one attached hydrogen (secondary N) is 3. The summed E-state index contributed by atoms with van der Waals surface area (Å²) >= 11 is 2.75. The first kappa shape index (κ1) is 33.7. The summed E-state index contributed by atoms with van der Waals surface area (Å²) in [5.74, 6) is 0.655. The van der Waals surface area contributed by atoms with E-state index in [4.69, 9.17) is 5.53 Å². The third kappa shape index (κ3) is 9.90. The maximum Gasteiger partial charge on any atom is 0.230 e. The van der Waals surface area contributed by atoms with E-state index in [2.05, 4.69) is 25.9 Å². The fraction of sp³-hybridized carbons (Fsp3) is 0.429. The summed E-state index contributed by atoms with van der Waals surface area (Å²) in [4.78, 5) is 25.5. The average Bonchev–Trinajstić information content (AvgIpc) is 3.43. The molecule has 0 bridgehead atoms. The second kappa shape index (κ2) is 14.7. The third-order valence-corrected chi connectivity index (χ3v) is 11.6. The quantitative estimate of drug-likeness (QED) is 0.176. The van der Waals surface area contributed by atoms with Gasteiger partial charge in [-0.15, -0.1) is 22.0 Å². The Morgan fingerprint density at radius 3 is 2.05 bits per heavy atom. The van der Waals surface area contributed by atoms with Gasteiger partial charge in [0.2, 0.25) is 16.9 Å².